The number of hydrogen-bond donors (Lipinski definition) is 2. The second-order valence-electron chi connectivity index (χ2n) is 2.85. The van der Waals surface area contributed by atoms with E-state index >= 15 is 0 Å². The quantitative estimate of drug-likeness (QED) is 0.761. The van der Waals surface area contributed by atoms with Crippen LogP contribution in [0.4, 0.5) is 0 Å². The highest BCUT2D eigenvalue weighted by atomic mass is 16.5. The number of H-pyrrole nitrogens is 2. The van der Waals surface area contributed by atoms with E-state index in [0.717, 1.165) is 0 Å². The predicted molar refractivity (Wildman–Crippen MR) is 54.2 cm³/mol. The van der Waals surface area contributed by atoms with Crippen LogP contribution in [-0.2, 0) is 0 Å². The molecule has 5 nitrogen and oxygen atoms in total. The molecule has 0 spiro atoms. The molecule has 0 saturated carbocycles. The van der Waals surface area contributed by atoms with Gasteiger partial charge in [-0.05, 0) is 12.1 Å². The van der Waals surface area contributed by atoms with Gasteiger partial charge >= 0.3 is 5.69 Å². The van der Waals surface area contributed by atoms with Gasteiger partial charge in [0.2, 0.25) is 5.75 Å². The number of nitrogens with one attached hydrogen (secondary N) is 2. The van der Waals surface area contributed by atoms with Crippen LogP contribution in [0.3, 0.4) is 0 Å². The van der Waals surface area contributed by atoms with Gasteiger partial charge < -0.3 is 9.72 Å². The number of para-hydroxylation sites is 1. The Labute approximate surface area is 84.4 Å². The zero-order valence-corrected chi connectivity index (χ0v) is 7.69. The SMILES string of the molecule is O=c1[nH]cc(Oc2ccccc2)c(=O)[nH]1. The number of aromatic nitrogens is 2. The molecule has 0 atom stereocenters. The number of benzene rings is 1. The maximum atomic E-state index is 11.2. The van der Waals surface area contributed by atoms with Crippen molar-refractivity contribution in [2.24, 2.45) is 0 Å². The molecular weight excluding hydrogens is 196 g/mol. The summed E-state index contributed by atoms with van der Waals surface area (Å²) in [5, 5.41) is 0. The maximum Gasteiger partial charge on any atom is 0.325 e. The molecule has 2 aromatic rings. The molecule has 15 heavy (non-hydrogen) atoms. The molecule has 0 unspecified atom stereocenters. The Kier molecular flexibility index (Phi) is 2.37. The van der Waals surface area contributed by atoms with Gasteiger partial charge in [-0.15, -0.1) is 0 Å². The minimum absolute atomic E-state index is 0.0563. The maximum absolute atomic E-state index is 11.2. The lowest BCUT2D eigenvalue weighted by Crippen LogP contribution is -2.21. The standard InChI is InChI=1S/C10H8N2O3/c13-9-8(6-11-10(14)12-9)15-7-4-2-1-3-5-7/h1-6H,(H2,11,12,13,14). The highest BCUT2D eigenvalue weighted by molar-refractivity contribution is 5.27. The van der Waals surface area contributed by atoms with Crippen molar-refractivity contribution in [2.75, 3.05) is 0 Å². The molecule has 2 N–H and O–H groups in total. The molecule has 2 rings (SSSR count). The summed E-state index contributed by atoms with van der Waals surface area (Å²) in [6.45, 7) is 0. The third-order valence-electron chi connectivity index (χ3n) is 1.76. The van der Waals surface area contributed by atoms with Crippen LogP contribution >= 0.6 is 0 Å². The summed E-state index contributed by atoms with van der Waals surface area (Å²) >= 11 is 0. The van der Waals surface area contributed by atoms with Gasteiger partial charge in [-0.3, -0.25) is 9.78 Å². The summed E-state index contributed by atoms with van der Waals surface area (Å²) in [6.07, 6.45) is 1.23. The van der Waals surface area contributed by atoms with Crippen LogP contribution in [0.15, 0.2) is 46.1 Å². The lowest BCUT2D eigenvalue weighted by Gasteiger charge is -2.02. The minimum Gasteiger partial charge on any atom is -0.450 e. The van der Waals surface area contributed by atoms with Crippen molar-refractivity contribution < 1.29 is 4.74 Å². The summed E-state index contributed by atoms with van der Waals surface area (Å²) in [7, 11) is 0. The van der Waals surface area contributed by atoms with E-state index in [1.54, 1.807) is 24.3 Å². The third-order valence-corrected chi connectivity index (χ3v) is 1.76. The van der Waals surface area contributed by atoms with E-state index in [4.69, 9.17) is 4.74 Å². The van der Waals surface area contributed by atoms with Gasteiger partial charge in [0, 0.05) is 0 Å². The molecule has 0 aliphatic heterocycles. The second kappa shape index (κ2) is 3.83. The lowest BCUT2D eigenvalue weighted by molar-refractivity contribution is 0.471. The largest absolute Gasteiger partial charge is 0.450 e. The Morgan fingerprint density at radius 2 is 1.80 bits per heavy atom. The molecular formula is C10H8N2O3. The van der Waals surface area contributed by atoms with E-state index in [1.807, 2.05) is 6.07 Å². The van der Waals surface area contributed by atoms with Crippen LogP contribution in [-0.4, -0.2) is 9.97 Å². The fraction of sp³-hybridized carbons (Fsp3) is 0. The van der Waals surface area contributed by atoms with E-state index in [1.165, 1.54) is 6.20 Å². The van der Waals surface area contributed by atoms with E-state index < -0.39 is 11.2 Å². The van der Waals surface area contributed by atoms with Gasteiger partial charge in [0.25, 0.3) is 5.56 Å². The molecule has 0 saturated heterocycles. The average Bonchev–Trinajstić information content (AvgIpc) is 2.24. The highest BCUT2D eigenvalue weighted by Gasteiger charge is 2.01. The number of ether oxygens (including phenoxy) is 1. The first-order valence-electron chi connectivity index (χ1n) is 4.30. The second-order valence-corrected chi connectivity index (χ2v) is 2.85. The van der Waals surface area contributed by atoms with Crippen LogP contribution in [0, 0.1) is 0 Å². The smallest absolute Gasteiger partial charge is 0.325 e. The molecule has 1 aromatic carbocycles. The van der Waals surface area contributed by atoms with Crippen molar-refractivity contribution in [1.82, 2.24) is 9.97 Å². The van der Waals surface area contributed by atoms with Crippen molar-refractivity contribution in [3.8, 4) is 11.5 Å². The van der Waals surface area contributed by atoms with Gasteiger partial charge in [-0.25, -0.2) is 4.79 Å². The van der Waals surface area contributed by atoms with Crippen LogP contribution in [0.5, 0.6) is 11.5 Å². The predicted octanol–water partition coefficient (Wildman–Crippen LogP) is 0.855. The molecule has 0 bridgehead atoms. The fourth-order valence-corrected chi connectivity index (χ4v) is 1.09. The Bertz CT molecular complexity index is 557. The van der Waals surface area contributed by atoms with E-state index in [0.29, 0.717) is 5.75 Å². The molecule has 0 fully saturated rings. The first kappa shape index (κ1) is 9.26. The highest BCUT2D eigenvalue weighted by Crippen LogP contribution is 2.14. The molecule has 0 amide bonds. The molecule has 0 aliphatic rings. The van der Waals surface area contributed by atoms with Crippen molar-refractivity contribution in [2.45, 2.75) is 0 Å². The van der Waals surface area contributed by atoms with Gasteiger partial charge in [0.1, 0.15) is 5.75 Å². The Balaban J connectivity index is 2.33. The number of rotatable bonds is 2. The van der Waals surface area contributed by atoms with E-state index in [2.05, 4.69) is 9.97 Å². The molecule has 1 aromatic heterocycles. The molecule has 5 heteroatoms. The molecule has 0 aliphatic carbocycles. The Morgan fingerprint density at radius 1 is 1.07 bits per heavy atom. The van der Waals surface area contributed by atoms with Crippen LogP contribution in [0.1, 0.15) is 0 Å². The van der Waals surface area contributed by atoms with Crippen molar-refractivity contribution in [3.05, 3.63) is 57.4 Å². The zero-order chi connectivity index (χ0) is 10.7. The first-order chi connectivity index (χ1) is 7.25. The van der Waals surface area contributed by atoms with Gasteiger partial charge in [0.05, 0.1) is 6.20 Å². The summed E-state index contributed by atoms with van der Waals surface area (Å²) in [5.41, 5.74) is -1.11. The van der Waals surface area contributed by atoms with Gasteiger partial charge in [-0.2, -0.15) is 0 Å². The van der Waals surface area contributed by atoms with Crippen LogP contribution in [0.2, 0.25) is 0 Å². The monoisotopic (exact) mass is 204 g/mol. The minimum atomic E-state index is -0.555. The fourth-order valence-electron chi connectivity index (χ4n) is 1.09. The van der Waals surface area contributed by atoms with E-state index in [-0.39, 0.29) is 5.75 Å². The molecule has 1 heterocycles. The molecule has 0 radical (unpaired) electrons. The number of hydrogen-bond acceptors (Lipinski definition) is 3. The van der Waals surface area contributed by atoms with Crippen molar-refractivity contribution in [1.29, 1.82) is 0 Å². The van der Waals surface area contributed by atoms with Gasteiger partial charge in [-0.1, -0.05) is 18.2 Å². The normalized spacial score (nSPS) is 9.87. The van der Waals surface area contributed by atoms with Crippen molar-refractivity contribution >= 4 is 0 Å². The molecule has 76 valence electrons. The van der Waals surface area contributed by atoms with Gasteiger partial charge in [0.15, 0.2) is 0 Å². The van der Waals surface area contributed by atoms with Crippen LogP contribution < -0.4 is 16.0 Å². The lowest BCUT2D eigenvalue weighted by atomic mass is 10.3. The first-order valence-corrected chi connectivity index (χ1v) is 4.30. The summed E-state index contributed by atoms with van der Waals surface area (Å²) in [6, 6.07) is 8.84. The van der Waals surface area contributed by atoms with Crippen LogP contribution in [0.25, 0.3) is 0 Å². The Morgan fingerprint density at radius 3 is 2.47 bits per heavy atom. The van der Waals surface area contributed by atoms with Crippen molar-refractivity contribution in [3.63, 3.8) is 0 Å². The average molecular weight is 204 g/mol. The summed E-state index contributed by atoms with van der Waals surface area (Å²) in [5.74, 6) is 0.593. The third kappa shape index (κ3) is 2.14. The summed E-state index contributed by atoms with van der Waals surface area (Å²) in [4.78, 5) is 26.4. The topological polar surface area (TPSA) is 75.0 Å². The van der Waals surface area contributed by atoms with E-state index in [9.17, 15) is 9.59 Å². The summed E-state index contributed by atoms with van der Waals surface area (Å²) < 4.78 is 5.25. The Hall–Kier alpha value is -2.30. The zero-order valence-electron chi connectivity index (χ0n) is 7.69. The number of aromatic amines is 2.